The number of hydrogen-bond donors (Lipinski definition) is 0. The van der Waals surface area contributed by atoms with Crippen molar-refractivity contribution in [2.24, 2.45) is 5.92 Å². The summed E-state index contributed by atoms with van der Waals surface area (Å²) >= 11 is 0. The van der Waals surface area contributed by atoms with Crippen molar-refractivity contribution in [3.05, 3.63) is 11.7 Å². The maximum atomic E-state index is 12.8. The van der Waals surface area contributed by atoms with Gasteiger partial charge in [-0.2, -0.15) is 4.98 Å². The third kappa shape index (κ3) is 3.54. The Bertz CT molecular complexity index is 578. The van der Waals surface area contributed by atoms with Crippen LogP contribution in [0.4, 0.5) is 0 Å². The Labute approximate surface area is 136 Å². The zero-order valence-electron chi connectivity index (χ0n) is 13.8. The highest BCUT2D eigenvalue weighted by Gasteiger charge is 2.37. The van der Waals surface area contributed by atoms with E-state index in [9.17, 15) is 9.59 Å². The van der Waals surface area contributed by atoms with Crippen molar-refractivity contribution in [3.8, 4) is 0 Å². The SMILES string of the molecule is Cc1nc(CC(=O)N2CCCC2C(=O)N2CCC(C)CC2)no1. The molecule has 2 amide bonds. The number of hydrogen-bond acceptors (Lipinski definition) is 5. The fourth-order valence-corrected chi connectivity index (χ4v) is 3.41. The van der Waals surface area contributed by atoms with Gasteiger partial charge >= 0.3 is 0 Å². The van der Waals surface area contributed by atoms with Gasteiger partial charge in [-0.15, -0.1) is 0 Å². The average molecular weight is 320 g/mol. The van der Waals surface area contributed by atoms with Gasteiger partial charge in [0.05, 0.1) is 6.42 Å². The van der Waals surface area contributed by atoms with Gasteiger partial charge in [0.1, 0.15) is 6.04 Å². The maximum Gasteiger partial charge on any atom is 0.245 e. The summed E-state index contributed by atoms with van der Waals surface area (Å²) in [6.45, 7) is 6.17. The Hall–Kier alpha value is -1.92. The standard InChI is InChI=1S/C16H24N4O3/c1-11-5-8-19(9-6-11)16(22)13-4-3-7-20(13)15(21)10-14-17-12(2)23-18-14/h11,13H,3-10H2,1-2H3. The number of rotatable bonds is 3. The van der Waals surface area contributed by atoms with Crippen LogP contribution >= 0.6 is 0 Å². The van der Waals surface area contributed by atoms with Crippen molar-refractivity contribution in [3.63, 3.8) is 0 Å². The van der Waals surface area contributed by atoms with Crippen LogP contribution in [0, 0.1) is 12.8 Å². The number of amides is 2. The van der Waals surface area contributed by atoms with Crippen molar-refractivity contribution < 1.29 is 14.1 Å². The van der Waals surface area contributed by atoms with Gasteiger partial charge in [-0.25, -0.2) is 0 Å². The third-order valence-electron chi connectivity index (χ3n) is 4.83. The Morgan fingerprint density at radius 3 is 2.61 bits per heavy atom. The number of piperidine rings is 1. The molecule has 7 heteroatoms. The van der Waals surface area contributed by atoms with Crippen LogP contribution in [0.25, 0.3) is 0 Å². The van der Waals surface area contributed by atoms with Gasteiger partial charge in [0.15, 0.2) is 5.82 Å². The largest absolute Gasteiger partial charge is 0.341 e. The lowest BCUT2D eigenvalue weighted by Gasteiger charge is -2.34. The number of nitrogens with zero attached hydrogens (tertiary/aromatic N) is 4. The molecular weight excluding hydrogens is 296 g/mol. The molecule has 1 aromatic rings. The van der Waals surface area contributed by atoms with E-state index < -0.39 is 0 Å². The van der Waals surface area contributed by atoms with Gasteiger partial charge in [0.25, 0.3) is 0 Å². The topological polar surface area (TPSA) is 79.5 Å². The number of carbonyl (C=O) groups excluding carboxylic acids is 2. The van der Waals surface area contributed by atoms with Gasteiger partial charge < -0.3 is 14.3 Å². The van der Waals surface area contributed by atoms with Crippen LogP contribution in [0.5, 0.6) is 0 Å². The first-order chi connectivity index (χ1) is 11.0. The predicted molar refractivity (Wildman–Crippen MR) is 82.5 cm³/mol. The average Bonchev–Trinajstić information content (AvgIpc) is 3.16. The highest BCUT2D eigenvalue weighted by atomic mass is 16.5. The van der Waals surface area contributed by atoms with Gasteiger partial charge in [0.2, 0.25) is 17.7 Å². The van der Waals surface area contributed by atoms with E-state index in [0.29, 0.717) is 24.2 Å². The molecule has 7 nitrogen and oxygen atoms in total. The van der Waals surface area contributed by atoms with Crippen molar-refractivity contribution in [1.82, 2.24) is 19.9 Å². The summed E-state index contributed by atoms with van der Waals surface area (Å²) in [5.41, 5.74) is 0. The van der Waals surface area contributed by atoms with Crippen molar-refractivity contribution in [2.45, 2.75) is 52.0 Å². The summed E-state index contributed by atoms with van der Waals surface area (Å²) in [4.78, 5) is 33.0. The highest BCUT2D eigenvalue weighted by Crippen LogP contribution is 2.23. The van der Waals surface area contributed by atoms with Gasteiger partial charge in [-0.3, -0.25) is 9.59 Å². The highest BCUT2D eigenvalue weighted by molar-refractivity contribution is 5.88. The fraction of sp³-hybridized carbons (Fsp3) is 0.750. The summed E-state index contributed by atoms with van der Waals surface area (Å²) in [5, 5.41) is 3.77. The van der Waals surface area contributed by atoms with Crippen LogP contribution in [0.3, 0.4) is 0 Å². The monoisotopic (exact) mass is 320 g/mol. The summed E-state index contributed by atoms with van der Waals surface area (Å²) in [5.74, 6) is 1.53. The molecule has 23 heavy (non-hydrogen) atoms. The van der Waals surface area contributed by atoms with Crippen molar-refractivity contribution >= 4 is 11.8 Å². The number of likely N-dealkylation sites (tertiary alicyclic amines) is 2. The fourth-order valence-electron chi connectivity index (χ4n) is 3.41. The van der Waals surface area contributed by atoms with Crippen LogP contribution < -0.4 is 0 Å². The number of carbonyl (C=O) groups is 2. The molecule has 0 saturated carbocycles. The quantitative estimate of drug-likeness (QED) is 0.835. The number of aryl methyl sites for hydroxylation is 1. The van der Waals surface area contributed by atoms with Crippen LogP contribution in [-0.2, 0) is 16.0 Å². The maximum absolute atomic E-state index is 12.8. The molecule has 0 aliphatic carbocycles. The summed E-state index contributed by atoms with van der Waals surface area (Å²) in [7, 11) is 0. The molecule has 2 aliphatic heterocycles. The van der Waals surface area contributed by atoms with E-state index in [1.54, 1.807) is 11.8 Å². The Kier molecular flexibility index (Phi) is 4.63. The zero-order chi connectivity index (χ0) is 16.4. The summed E-state index contributed by atoms with van der Waals surface area (Å²) < 4.78 is 4.90. The Balaban J connectivity index is 1.62. The molecule has 0 bridgehead atoms. The molecule has 1 atom stereocenters. The van der Waals surface area contributed by atoms with Gasteiger partial charge in [-0.1, -0.05) is 12.1 Å². The Morgan fingerprint density at radius 2 is 1.96 bits per heavy atom. The molecule has 0 radical (unpaired) electrons. The Morgan fingerprint density at radius 1 is 1.22 bits per heavy atom. The van der Waals surface area contributed by atoms with E-state index in [0.717, 1.165) is 38.8 Å². The van der Waals surface area contributed by atoms with Crippen LogP contribution in [0.2, 0.25) is 0 Å². The molecule has 1 unspecified atom stereocenters. The molecule has 2 saturated heterocycles. The molecule has 126 valence electrons. The first-order valence-electron chi connectivity index (χ1n) is 8.42. The van der Waals surface area contributed by atoms with E-state index in [1.165, 1.54) is 0 Å². The van der Waals surface area contributed by atoms with Crippen molar-refractivity contribution in [2.75, 3.05) is 19.6 Å². The van der Waals surface area contributed by atoms with E-state index in [4.69, 9.17) is 4.52 Å². The van der Waals surface area contributed by atoms with E-state index in [2.05, 4.69) is 17.1 Å². The van der Waals surface area contributed by atoms with Gasteiger partial charge in [-0.05, 0) is 31.6 Å². The van der Waals surface area contributed by atoms with Crippen LogP contribution in [0.15, 0.2) is 4.52 Å². The minimum absolute atomic E-state index is 0.0907. The lowest BCUT2D eigenvalue weighted by atomic mass is 9.98. The molecule has 3 rings (SSSR count). The van der Waals surface area contributed by atoms with Gasteiger partial charge in [0, 0.05) is 26.6 Å². The lowest BCUT2D eigenvalue weighted by Crippen LogP contribution is -2.50. The molecule has 0 N–H and O–H groups in total. The molecule has 1 aromatic heterocycles. The zero-order valence-corrected chi connectivity index (χ0v) is 13.8. The predicted octanol–water partition coefficient (Wildman–Crippen LogP) is 1.17. The second-order valence-electron chi connectivity index (χ2n) is 6.66. The van der Waals surface area contributed by atoms with E-state index >= 15 is 0 Å². The first kappa shape index (κ1) is 16.0. The molecule has 3 heterocycles. The molecule has 2 fully saturated rings. The van der Waals surface area contributed by atoms with Crippen LogP contribution in [-0.4, -0.2) is 57.4 Å². The second kappa shape index (κ2) is 6.68. The molecule has 2 aliphatic rings. The number of aromatic nitrogens is 2. The molecule has 0 spiro atoms. The van der Waals surface area contributed by atoms with E-state index in [-0.39, 0.29) is 24.3 Å². The normalized spacial score (nSPS) is 22.6. The summed E-state index contributed by atoms with van der Waals surface area (Å²) in [6, 6.07) is -0.316. The van der Waals surface area contributed by atoms with Crippen LogP contribution in [0.1, 0.15) is 44.3 Å². The lowest BCUT2D eigenvalue weighted by molar-refractivity contribution is -0.144. The minimum atomic E-state index is -0.316. The molecular formula is C16H24N4O3. The first-order valence-corrected chi connectivity index (χ1v) is 8.42. The smallest absolute Gasteiger partial charge is 0.245 e. The minimum Gasteiger partial charge on any atom is -0.341 e. The summed E-state index contributed by atoms with van der Waals surface area (Å²) in [6.07, 6.45) is 3.82. The molecule has 0 aromatic carbocycles. The second-order valence-corrected chi connectivity index (χ2v) is 6.66. The van der Waals surface area contributed by atoms with Crippen molar-refractivity contribution in [1.29, 1.82) is 0 Å². The third-order valence-corrected chi connectivity index (χ3v) is 4.83. The van der Waals surface area contributed by atoms with E-state index in [1.807, 2.05) is 4.90 Å².